The van der Waals surface area contributed by atoms with Gasteiger partial charge in [-0.05, 0) is 38.4 Å². The number of aromatic nitrogens is 2. The third kappa shape index (κ3) is 3.05. The fourth-order valence-corrected chi connectivity index (χ4v) is 3.06. The van der Waals surface area contributed by atoms with Crippen LogP contribution in [0.4, 0.5) is 13.2 Å². The van der Waals surface area contributed by atoms with Crippen LogP contribution in [0, 0.1) is 0 Å². The Kier molecular flexibility index (Phi) is 4.38. The van der Waals surface area contributed by atoms with Crippen molar-refractivity contribution >= 4 is 0 Å². The highest BCUT2D eigenvalue weighted by molar-refractivity contribution is 5.38. The Hall–Kier alpha value is -1.89. The zero-order valence-electron chi connectivity index (χ0n) is 13.7. The first-order valence-electron chi connectivity index (χ1n) is 8.03. The molecule has 1 fully saturated rings. The van der Waals surface area contributed by atoms with Crippen molar-refractivity contribution < 1.29 is 17.7 Å². The molecular weight excluding hydrogens is 319 g/mol. The number of halogens is 3. The molecule has 3 rings (SSSR count). The van der Waals surface area contributed by atoms with E-state index in [1.807, 2.05) is 14.0 Å². The Labute approximate surface area is 138 Å². The Morgan fingerprint density at radius 3 is 2.67 bits per heavy atom. The number of nitrogens with zero attached hydrogens (tertiary/aromatic N) is 2. The molecular formula is C17H20F3N3O. The van der Waals surface area contributed by atoms with E-state index in [1.165, 1.54) is 12.1 Å². The van der Waals surface area contributed by atoms with E-state index < -0.39 is 17.2 Å². The van der Waals surface area contributed by atoms with E-state index in [-0.39, 0.29) is 6.04 Å². The molecule has 0 saturated heterocycles. The fraction of sp³-hybridized carbons (Fsp3) is 0.529. The van der Waals surface area contributed by atoms with Crippen LogP contribution < -0.4 is 5.32 Å². The van der Waals surface area contributed by atoms with Gasteiger partial charge in [-0.3, -0.25) is 0 Å². The second-order valence-electron chi connectivity index (χ2n) is 6.42. The average molecular weight is 339 g/mol. The monoisotopic (exact) mass is 339 g/mol. The third-order valence-electron chi connectivity index (χ3n) is 4.81. The number of hydrogen-bond acceptors (Lipinski definition) is 4. The number of nitrogens with one attached hydrogen (secondary N) is 1. The SMILES string of the molecule is CNC(C)Cc1noc(C2(c3cccc(C(F)(F)F)c3)CCC2)n1. The van der Waals surface area contributed by atoms with E-state index in [0.29, 0.717) is 23.7 Å². The van der Waals surface area contributed by atoms with Crippen LogP contribution in [0.1, 0.15) is 49.0 Å². The van der Waals surface area contributed by atoms with Crippen LogP contribution in [-0.4, -0.2) is 23.2 Å². The summed E-state index contributed by atoms with van der Waals surface area (Å²) in [6.45, 7) is 2.00. The molecule has 7 heteroatoms. The normalized spacial score (nSPS) is 18.2. The van der Waals surface area contributed by atoms with Gasteiger partial charge in [-0.2, -0.15) is 18.2 Å². The predicted molar refractivity (Wildman–Crippen MR) is 82.6 cm³/mol. The van der Waals surface area contributed by atoms with Crippen molar-refractivity contribution in [3.05, 3.63) is 47.1 Å². The Morgan fingerprint density at radius 1 is 1.33 bits per heavy atom. The van der Waals surface area contributed by atoms with Crippen LogP contribution in [-0.2, 0) is 18.0 Å². The van der Waals surface area contributed by atoms with Gasteiger partial charge in [-0.25, -0.2) is 0 Å². The quantitative estimate of drug-likeness (QED) is 0.902. The lowest BCUT2D eigenvalue weighted by atomic mass is 9.64. The minimum atomic E-state index is -4.36. The summed E-state index contributed by atoms with van der Waals surface area (Å²) in [5.41, 5.74) is -0.634. The molecule has 0 aliphatic heterocycles. The first-order valence-corrected chi connectivity index (χ1v) is 8.03. The van der Waals surface area contributed by atoms with Crippen molar-refractivity contribution in [1.82, 2.24) is 15.5 Å². The van der Waals surface area contributed by atoms with Crippen LogP contribution in [0.5, 0.6) is 0 Å². The van der Waals surface area contributed by atoms with Crippen molar-refractivity contribution in [3.8, 4) is 0 Å². The van der Waals surface area contributed by atoms with Crippen molar-refractivity contribution in [2.24, 2.45) is 0 Å². The van der Waals surface area contributed by atoms with Crippen molar-refractivity contribution in [2.45, 2.75) is 50.2 Å². The first-order chi connectivity index (χ1) is 11.3. The van der Waals surface area contributed by atoms with Gasteiger partial charge in [0.1, 0.15) is 0 Å². The zero-order chi connectivity index (χ0) is 17.4. The van der Waals surface area contributed by atoms with Gasteiger partial charge < -0.3 is 9.84 Å². The standard InChI is InChI=1S/C17H20F3N3O/c1-11(21-2)9-14-22-15(24-23-14)16(7-4-8-16)12-5-3-6-13(10-12)17(18,19)20/h3,5-6,10-11,21H,4,7-9H2,1-2H3. The molecule has 130 valence electrons. The van der Waals surface area contributed by atoms with Gasteiger partial charge in [-0.1, -0.05) is 29.8 Å². The molecule has 1 atom stereocenters. The van der Waals surface area contributed by atoms with Crippen molar-refractivity contribution in [2.75, 3.05) is 7.05 Å². The van der Waals surface area contributed by atoms with Crippen LogP contribution >= 0.6 is 0 Å². The molecule has 1 N–H and O–H groups in total. The summed E-state index contributed by atoms with van der Waals surface area (Å²) < 4.78 is 44.5. The molecule has 1 heterocycles. The lowest BCUT2D eigenvalue weighted by Crippen LogP contribution is -2.36. The first kappa shape index (κ1) is 17.0. The lowest BCUT2D eigenvalue weighted by Gasteiger charge is -2.39. The van der Waals surface area contributed by atoms with E-state index in [1.54, 1.807) is 6.07 Å². The molecule has 1 aromatic heterocycles. The zero-order valence-corrected chi connectivity index (χ0v) is 13.7. The molecule has 0 bridgehead atoms. The highest BCUT2D eigenvalue weighted by Gasteiger charge is 2.46. The number of alkyl halides is 3. The van der Waals surface area contributed by atoms with Gasteiger partial charge in [0.25, 0.3) is 0 Å². The highest BCUT2D eigenvalue weighted by Crippen LogP contribution is 2.49. The third-order valence-corrected chi connectivity index (χ3v) is 4.81. The second-order valence-corrected chi connectivity index (χ2v) is 6.42. The van der Waals surface area contributed by atoms with Crippen LogP contribution in [0.15, 0.2) is 28.8 Å². The minimum Gasteiger partial charge on any atom is -0.338 e. The molecule has 24 heavy (non-hydrogen) atoms. The summed E-state index contributed by atoms with van der Waals surface area (Å²) >= 11 is 0. The van der Waals surface area contributed by atoms with Crippen molar-refractivity contribution in [1.29, 1.82) is 0 Å². The molecule has 0 spiro atoms. The Morgan fingerprint density at radius 2 is 2.08 bits per heavy atom. The lowest BCUT2D eigenvalue weighted by molar-refractivity contribution is -0.137. The summed E-state index contributed by atoms with van der Waals surface area (Å²) in [5.74, 6) is 0.997. The predicted octanol–water partition coefficient (Wildman–Crippen LogP) is 3.71. The van der Waals surface area contributed by atoms with E-state index in [9.17, 15) is 13.2 Å². The van der Waals surface area contributed by atoms with Gasteiger partial charge in [-0.15, -0.1) is 0 Å². The summed E-state index contributed by atoms with van der Waals surface area (Å²) in [7, 11) is 1.85. The minimum absolute atomic E-state index is 0.196. The molecule has 1 unspecified atom stereocenters. The Bertz CT molecular complexity index is 707. The topological polar surface area (TPSA) is 51.0 Å². The van der Waals surface area contributed by atoms with E-state index >= 15 is 0 Å². The Balaban J connectivity index is 1.93. The molecule has 2 aromatic rings. The number of hydrogen-bond donors (Lipinski definition) is 1. The molecule has 1 aromatic carbocycles. The number of rotatable bonds is 5. The van der Waals surface area contributed by atoms with Crippen LogP contribution in [0.25, 0.3) is 0 Å². The maximum Gasteiger partial charge on any atom is 0.416 e. The van der Waals surface area contributed by atoms with Gasteiger partial charge in [0.2, 0.25) is 5.89 Å². The summed E-state index contributed by atoms with van der Waals surface area (Å²) in [4.78, 5) is 4.46. The summed E-state index contributed by atoms with van der Waals surface area (Å²) in [6, 6.07) is 5.65. The number of benzene rings is 1. The molecule has 0 radical (unpaired) electrons. The van der Waals surface area contributed by atoms with Crippen molar-refractivity contribution in [3.63, 3.8) is 0 Å². The number of likely N-dealkylation sites (N-methyl/N-ethyl adjacent to an activating group) is 1. The average Bonchev–Trinajstić information content (AvgIpc) is 2.94. The molecule has 4 nitrogen and oxygen atoms in total. The van der Waals surface area contributed by atoms with Gasteiger partial charge >= 0.3 is 6.18 Å². The molecule has 1 aliphatic carbocycles. The molecule has 0 amide bonds. The van der Waals surface area contributed by atoms with Crippen LogP contribution in [0.3, 0.4) is 0 Å². The fourth-order valence-electron chi connectivity index (χ4n) is 3.06. The highest BCUT2D eigenvalue weighted by atomic mass is 19.4. The van der Waals surface area contributed by atoms with Crippen LogP contribution in [0.2, 0.25) is 0 Å². The van der Waals surface area contributed by atoms with E-state index in [2.05, 4.69) is 15.5 Å². The maximum absolute atomic E-state index is 13.0. The largest absolute Gasteiger partial charge is 0.416 e. The second kappa shape index (κ2) is 6.20. The summed E-state index contributed by atoms with van der Waals surface area (Å²) in [5, 5.41) is 7.10. The van der Waals surface area contributed by atoms with E-state index in [4.69, 9.17) is 4.52 Å². The van der Waals surface area contributed by atoms with Gasteiger partial charge in [0, 0.05) is 12.5 Å². The maximum atomic E-state index is 13.0. The van der Waals surface area contributed by atoms with Gasteiger partial charge in [0.05, 0.1) is 11.0 Å². The smallest absolute Gasteiger partial charge is 0.338 e. The molecule has 1 saturated carbocycles. The summed E-state index contributed by atoms with van der Waals surface area (Å²) in [6.07, 6.45) is -1.38. The molecule has 1 aliphatic rings. The van der Waals surface area contributed by atoms with E-state index in [0.717, 1.165) is 25.3 Å². The van der Waals surface area contributed by atoms with Gasteiger partial charge in [0.15, 0.2) is 5.82 Å².